The maximum atomic E-state index is 9.50. The third kappa shape index (κ3) is 6.40. The van der Waals surface area contributed by atoms with E-state index in [0.29, 0.717) is 0 Å². The van der Waals surface area contributed by atoms with Crippen molar-refractivity contribution in [3.63, 3.8) is 0 Å². The first kappa shape index (κ1) is 17.0. The maximum absolute atomic E-state index is 9.50. The highest BCUT2D eigenvalue weighted by atomic mass is 16.5. The van der Waals surface area contributed by atoms with Crippen molar-refractivity contribution in [2.45, 2.75) is 59.8 Å². The van der Waals surface area contributed by atoms with Crippen LogP contribution in [0.4, 0.5) is 0 Å². The van der Waals surface area contributed by atoms with Crippen molar-refractivity contribution < 1.29 is 9.84 Å². The summed E-state index contributed by atoms with van der Waals surface area (Å²) in [6.07, 6.45) is 0.718. The molecule has 0 spiro atoms. The summed E-state index contributed by atoms with van der Waals surface area (Å²) in [4.78, 5) is 0. The Balaban J connectivity index is 2.53. The zero-order chi connectivity index (χ0) is 15.2. The van der Waals surface area contributed by atoms with E-state index in [4.69, 9.17) is 4.74 Å². The highest BCUT2D eigenvalue weighted by molar-refractivity contribution is 5.33. The van der Waals surface area contributed by atoms with Crippen molar-refractivity contribution >= 4 is 0 Å². The summed E-state index contributed by atoms with van der Waals surface area (Å²) in [5.74, 6) is 0.948. The lowest BCUT2D eigenvalue weighted by atomic mass is 9.87. The molecule has 0 aliphatic rings. The molecule has 1 aromatic carbocycles. The van der Waals surface area contributed by atoms with Crippen LogP contribution in [0.25, 0.3) is 0 Å². The molecule has 1 aromatic rings. The molecule has 0 heterocycles. The molecule has 114 valence electrons. The third-order valence-corrected chi connectivity index (χ3v) is 3.10. The fraction of sp³-hybridized carbons (Fsp3) is 0.647. The predicted octanol–water partition coefficient (Wildman–Crippen LogP) is 3.36. The lowest BCUT2D eigenvalue weighted by molar-refractivity contribution is 0.128. The van der Waals surface area contributed by atoms with Gasteiger partial charge in [-0.25, -0.2) is 0 Å². The van der Waals surface area contributed by atoms with E-state index in [2.05, 4.69) is 25.2 Å². The van der Waals surface area contributed by atoms with E-state index in [1.807, 2.05) is 39.0 Å². The van der Waals surface area contributed by atoms with Crippen molar-refractivity contribution in [2.24, 2.45) is 5.41 Å². The van der Waals surface area contributed by atoms with Gasteiger partial charge in [-0.2, -0.15) is 0 Å². The molecule has 1 atom stereocenters. The SMILES string of the molecule is CC(O)CC(C)(C)CNCc1ccccc1OC(C)C. The van der Waals surface area contributed by atoms with Crippen molar-refractivity contribution in [3.8, 4) is 5.75 Å². The molecule has 0 fully saturated rings. The maximum Gasteiger partial charge on any atom is 0.124 e. The van der Waals surface area contributed by atoms with Gasteiger partial charge < -0.3 is 15.2 Å². The Bertz CT molecular complexity index is 400. The highest BCUT2D eigenvalue weighted by Crippen LogP contribution is 2.23. The van der Waals surface area contributed by atoms with Gasteiger partial charge in [0, 0.05) is 18.7 Å². The van der Waals surface area contributed by atoms with Gasteiger partial charge in [0.2, 0.25) is 0 Å². The molecule has 1 unspecified atom stereocenters. The summed E-state index contributed by atoms with van der Waals surface area (Å²) in [6.45, 7) is 11.9. The molecule has 20 heavy (non-hydrogen) atoms. The van der Waals surface area contributed by atoms with Gasteiger partial charge in [0.1, 0.15) is 5.75 Å². The highest BCUT2D eigenvalue weighted by Gasteiger charge is 2.19. The molecular weight excluding hydrogens is 250 g/mol. The van der Waals surface area contributed by atoms with E-state index >= 15 is 0 Å². The summed E-state index contributed by atoms with van der Waals surface area (Å²) in [5.41, 5.74) is 1.26. The second-order valence-corrected chi connectivity index (χ2v) is 6.60. The van der Waals surface area contributed by atoms with Crippen molar-refractivity contribution in [1.29, 1.82) is 0 Å². The second kappa shape index (κ2) is 7.65. The normalized spacial score (nSPS) is 13.6. The molecule has 0 aliphatic carbocycles. The molecule has 0 amide bonds. The molecule has 0 aromatic heterocycles. The minimum Gasteiger partial charge on any atom is -0.491 e. The molecule has 0 radical (unpaired) electrons. The Labute approximate surface area is 123 Å². The van der Waals surface area contributed by atoms with Gasteiger partial charge in [0.05, 0.1) is 12.2 Å². The number of rotatable bonds is 8. The van der Waals surface area contributed by atoms with Crippen molar-refractivity contribution in [2.75, 3.05) is 6.54 Å². The summed E-state index contributed by atoms with van der Waals surface area (Å²) in [7, 11) is 0. The van der Waals surface area contributed by atoms with Crippen LogP contribution in [0.3, 0.4) is 0 Å². The van der Waals surface area contributed by atoms with Crippen molar-refractivity contribution in [3.05, 3.63) is 29.8 Å². The van der Waals surface area contributed by atoms with Gasteiger partial charge in [0.25, 0.3) is 0 Å². The Morgan fingerprint density at radius 2 is 1.85 bits per heavy atom. The van der Waals surface area contributed by atoms with Crippen LogP contribution in [0, 0.1) is 5.41 Å². The molecular formula is C17H29NO2. The Morgan fingerprint density at radius 1 is 1.20 bits per heavy atom. The Morgan fingerprint density at radius 3 is 2.45 bits per heavy atom. The summed E-state index contributed by atoms with van der Waals surface area (Å²) in [5, 5.41) is 13.0. The topological polar surface area (TPSA) is 41.5 Å². The van der Waals surface area contributed by atoms with Crippen LogP contribution in [0.15, 0.2) is 24.3 Å². The Hall–Kier alpha value is -1.06. The second-order valence-electron chi connectivity index (χ2n) is 6.60. The average molecular weight is 279 g/mol. The first-order chi connectivity index (χ1) is 9.30. The van der Waals surface area contributed by atoms with Crippen LogP contribution in [-0.4, -0.2) is 23.9 Å². The molecule has 3 nitrogen and oxygen atoms in total. The van der Waals surface area contributed by atoms with Crippen LogP contribution in [0.1, 0.15) is 46.6 Å². The monoisotopic (exact) mass is 279 g/mol. The first-order valence-electron chi connectivity index (χ1n) is 7.43. The summed E-state index contributed by atoms with van der Waals surface area (Å²) >= 11 is 0. The van der Waals surface area contributed by atoms with E-state index in [0.717, 1.165) is 25.3 Å². The fourth-order valence-corrected chi connectivity index (χ4v) is 2.43. The molecule has 2 N–H and O–H groups in total. The first-order valence-corrected chi connectivity index (χ1v) is 7.43. The number of hydrogen-bond donors (Lipinski definition) is 2. The van der Waals surface area contributed by atoms with E-state index in [9.17, 15) is 5.11 Å². The van der Waals surface area contributed by atoms with Gasteiger partial charge in [0.15, 0.2) is 0 Å². The zero-order valence-corrected chi connectivity index (χ0v) is 13.4. The van der Waals surface area contributed by atoms with E-state index < -0.39 is 0 Å². The number of para-hydroxylation sites is 1. The van der Waals surface area contributed by atoms with Gasteiger partial charge in [-0.3, -0.25) is 0 Å². The quantitative estimate of drug-likeness (QED) is 0.766. The van der Waals surface area contributed by atoms with E-state index in [1.54, 1.807) is 0 Å². The Kier molecular flexibility index (Phi) is 6.50. The van der Waals surface area contributed by atoms with Crippen LogP contribution >= 0.6 is 0 Å². The number of benzene rings is 1. The van der Waals surface area contributed by atoms with Gasteiger partial charge in [-0.05, 0) is 38.7 Å². The number of aliphatic hydroxyl groups excluding tert-OH is 1. The molecule has 0 aliphatic heterocycles. The number of nitrogens with one attached hydrogen (secondary N) is 1. The standard InChI is InChI=1S/C17H29NO2/c1-13(2)20-16-9-7-6-8-15(16)11-18-12-17(4,5)10-14(3)19/h6-9,13-14,18-19H,10-12H2,1-5H3. The van der Waals surface area contributed by atoms with Crippen LogP contribution in [-0.2, 0) is 6.54 Å². The lowest BCUT2D eigenvalue weighted by Gasteiger charge is -2.26. The van der Waals surface area contributed by atoms with E-state index in [1.165, 1.54) is 5.56 Å². The molecule has 0 saturated heterocycles. The number of aliphatic hydroxyl groups is 1. The van der Waals surface area contributed by atoms with Crippen LogP contribution < -0.4 is 10.1 Å². The van der Waals surface area contributed by atoms with E-state index in [-0.39, 0.29) is 17.6 Å². The van der Waals surface area contributed by atoms with Crippen molar-refractivity contribution in [1.82, 2.24) is 5.32 Å². The van der Waals surface area contributed by atoms with Gasteiger partial charge in [-0.15, -0.1) is 0 Å². The lowest BCUT2D eigenvalue weighted by Crippen LogP contribution is -2.31. The molecule has 3 heteroatoms. The smallest absolute Gasteiger partial charge is 0.124 e. The zero-order valence-electron chi connectivity index (χ0n) is 13.4. The number of ether oxygens (including phenoxy) is 1. The average Bonchev–Trinajstić information content (AvgIpc) is 2.28. The van der Waals surface area contributed by atoms with Crippen LogP contribution in [0.2, 0.25) is 0 Å². The van der Waals surface area contributed by atoms with Gasteiger partial charge >= 0.3 is 0 Å². The fourth-order valence-electron chi connectivity index (χ4n) is 2.43. The van der Waals surface area contributed by atoms with Crippen LogP contribution in [0.5, 0.6) is 5.75 Å². The minimum atomic E-state index is -0.261. The number of hydrogen-bond acceptors (Lipinski definition) is 3. The summed E-state index contributed by atoms with van der Waals surface area (Å²) in [6, 6.07) is 8.13. The van der Waals surface area contributed by atoms with Gasteiger partial charge in [-0.1, -0.05) is 32.0 Å². The molecule has 0 bridgehead atoms. The molecule has 1 rings (SSSR count). The predicted molar refractivity (Wildman–Crippen MR) is 84.0 cm³/mol. The minimum absolute atomic E-state index is 0.0853. The summed E-state index contributed by atoms with van der Waals surface area (Å²) < 4.78 is 5.81. The largest absolute Gasteiger partial charge is 0.491 e. The third-order valence-electron chi connectivity index (χ3n) is 3.10. The molecule has 0 saturated carbocycles.